The Balaban J connectivity index is 1.40. The van der Waals surface area contributed by atoms with E-state index in [-0.39, 0.29) is 5.91 Å². The molecule has 1 aliphatic rings. The summed E-state index contributed by atoms with van der Waals surface area (Å²) in [6.45, 7) is 3.37. The molecule has 1 aromatic heterocycles. The lowest BCUT2D eigenvalue weighted by Crippen LogP contribution is -2.36. The number of aryl methyl sites for hydroxylation is 1. The third kappa shape index (κ3) is 4.54. The van der Waals surface area contributed by atoms with Crippen LogP contribution in [0.25, 0.3) is 11.1 Å². The average molecular weight is 460 g/mol. The molecule has 2 heterocycles. The molecule has 0 aliphatic carbocycles. The van der Waals surface area contributed by atoms with Gasteiger partial charge in [-0.2, -0.15) is 0 Å². The number of benzene rings is 2. The predicted molar refractivity (Wildman–Crippen MR) is 116 cm³/mol. The number of morpholine rings is 1. The van der Waals surface area contributed by atoms with E-state index in [2.05, 4.69) is 26.1 Å². The van der Waals surface area contributed by atoms with E-state index in [1.807, 2.05) is 36.4 Å². The molecule has 4 rings (SSSR count). The molecule has 152 valence electrons. The standard InChI is InChI=1S/C21H22BrN3O4/c22-15-7-8-17(24-10-12-28-13-11-24)16(14-15)23-20(26)6-3-9-25-18-4-1-2-5-19(18)29-21(25)27/h1-2,4-5,7-8,14H,3,6,9-13H2,(H,23,26). The zero-order valence-corrected chi connectivity index (χ0v) is 17.5. The zero-order valence-electron chi connectivity index (χ0n) is 15.9. The van der Waals surface area contributed by atoms with Crippen molar-refractivity contribution in [2.45, 2.75) is 19.4 Å². The molecule has 1 aliphatic heterocycles. The Morgan fingerprint density at radius 1 is 1.14 bits per heavy atom. The summed E-state index contributed by atoms with van der Waals surface area (Å²) in [6.07, 6.45) is 0.844. The highest BCUT2D eigenvalue weighted by molar-refractivity contribution is 9.10. The monoisotopic (exact) mass is 459 g/mol. The lowest BCUT2D eigenvalue weighted by atomic mass is 10.2. The van der Waals surface area contributed by atoms with Gasteiger partial charge in [-0.25, -0.2) is 4.79 Å². The van der Waals surface area contributed by atoms with E-state index in [4.69, 9.17) is 9.15 Å². The first-order valence-electron chi connectivity index (χ1n) is 9.62. The number of ether oxygens (including phenoxy) is 1. The van der Waals surface area contributed by atoms with Crippen LogP contribution in [0.1, 0.15) is 12.8 Å². The van der Waals surface area contributed by atoms with Gasteiger partial charge in [0.25, 0.3) is 0 Å². The van der Waals surface area contributed by atoms with Crippen molar-refractivity contribution < 1.29 is 13.9 Å². The van der Waals surface area contributed by atoms with E-state index in [0.29, 0.717) is 38.2 Å². The van der Waals surface area contributed by atoms with E-state index in [0.717, 1.165) is 34.5 Å². The number of nitrogens with zero attached hydrogens (tertiary/aromatic N) is 2. The topological polar surface area (TPSA) is 76.7 Å². The van der Waals surface area contributed by atoms with E-state index >= 15 is 0 Å². The van der Waals surface area contributed by atoms with Gasteiger partial charge in [0.2, 0.25) is 5.91 Å². The van der Waals surface area contributed by atoms with Gasteiger partial charge in [0.15, 0.2) is 5.58 Å². The molecule has 0 bridgehead atoms. The van der Waals surface area contributed by atoms with E-state index in [1.54, 1.807) is 10.6 Å². The molecule has 2 aromatic carbocycles. The second-order valence-corrected chi connectivity index (χ2v) is 7.82. The summed E-state index contributed by atoms with van der Waals surface area (Å²) in [5.74, 6) is -0.480. The van der Waals surface area contributed by atoms with Crippen molar-refractivity contribution in [3.8, 4) is 0 Å². The molecular formula is C21H22BrN3O4. The molecular weight excluding hydrogens is 438 g/mol. The normalized spacial score (nSPS) is 14.3. The van der Waals surface area contributed by atoms with Crippen LogP contribution in [0.4, 0.5) is 11.4 Å². The number of carbonyl (C=O) groups is 1. The summed E-state index contributed by atoms with van der Waals surface area (Å²) in [5.41, 5.74) is 3.07. The number of anilines is 2. The number of halogens is 1. The first kappa shape index (κ1) is 19.7. The van der Waals surface area contributed by atoms with Gasteiger partial charge in [-0.05, 0) is 36.8 Å². The van der Waals surface area contributed by atoms with Crippen LogP contribution in [0, 0.1) is 0 Å². The molecule has 1 N–H and O–H groups in total. The van der Waals surface area contributed by atoms with Crippen molar-refractivity contribution in [3.05, 3.63) is 57.5 Å². The van der Waals surface area contributed by atoms with Gasteiger partial charge in [0.05, 0.1) is 30.1 Å². The second-order valence-electron chi connectivity index (χ2n) is 6.90. The Kier molecular flexibility index (Phi) is 6.01. The number of rotatable bonds is 6. The number of para-hydroxylation sites is 2. The van der Waals surface area contributed by atoms with Crippen molar-refractivity contribution in [1.29, 1.82) is 0 Å². The Morgan fingerprint density at radius 3 is 2.76 bits per heavy atom. The highest BCUT2D eigenvalue weighted by atomic mass is 79.9. The highest BCUT2D eigenvalue weighted by Gasteiger charge is 2.17. The number of amides is 1. The minimum atomic E-state index is -0.395. The first-order valence-corrected chi connectivity index (χ1v) is 10.4. The van der Waals surface area contributed by atoms with Crippen molar-refractivity contribution in [3.63, 3.8) is 0 Å². The molecule has 8 heteroatoms. The molecule has 1 amide bonds. The summed E-state index contributed by atoms with van der Waals surface area (Å²) in [7, 11) is 0. The molecule has 0 unspecified atom stereocenters. The Bertz CT molecular complexity index is 1070. The van der Waals surface area contributed by atoms with Gasteiger partial charge in [0.1, 0.15) is 0 Å². The summed E-state index contributed by atoms with van der Waals surface area (Å²) >= 11 is 3.48. The van der Waals surface area contributed by atoms with Crippen molar-refractivity contribution in [2.75, 3.05) is 36.5 Å². The maximum Gasteiger partial charge on any atom is 0.419 e. The molecule has 0 radical (unpaired) electrons. The van der Waals surface area contributed by atoms with Crippen LogP contribution < -0.4 is 16.0 Å². The van der Waals surface area contributed by atoms with Crippen LogP contribution in [-0.2, 0) is 16.1 Å². The fourth-order valence-electron chi connectivity index (χ4n) is 3.52. The van der Waals surface area contributed by atoms with E-state index in [9.17, 15) is 9.59 Å². The first-order chi connectivity index (χ1) is 14.1. The van der Waals surface area contributed by atoms with Crippen LogP contribution in [0.2, 0.25) is 0 Å². The number of nitrogens with one attached hydrogen (secondary N) is 1. The van der Waals surface area contributed by atoms with Gasteiger partial charge in [0, 0.05) is 30.5 Å². The zero-order chi connectivity index (χ0) is 20.2. The largest absolute Gasteiger partial charge is 0.419 e. The molecule has 3 aromatic rings. The second kappa shape index (κ2) is 8.84. The molecule has 0 atom stereocenters. The lowest BCUT2D eigenvalue weighted by molar-refractivity contribution is -0.116. The third-order valence-corrected chi connectivity index (χ3v) is 5.44. The van der Waals surface area contributed by atoms with Gasteiger partial charge in [-0.3, -0.25) is 9.36 Å². The van der Waals surface area contributed by atoms with Crippen LogP contribution in [0.5, 0.6) is 0 Å². The lowest BCUT2D eigenvalue weighted by Gasteiger charge is -2.30. The van der Waals surface area contributed by atoms with Crippen LogP contribution >= 0.6 is 15.9 Å². The predicted octanol–water partition coefficient (Wildman–Crippen LogP) is 3.61. The van der Waals surface area contributed by atoms with Crippen LogP contribution in [0.15, 0.2) is 56.1 Å². The number of hydrogen-bond acceptors (Lipinski definition) is 5. The van der Waals surface area contributed by atoms with E-state index < -0.39 is 5.76 Å². The minimum absolute atomic E-state index is 0.0848. The Hall–Kier alpha value is -2.58. The Morgan fingerprint density at radius 2 is 1.93 bits per heavy atom. The minimum Gasteiger partial charge on any atom is -0.408 e. The molecule has 1 saturated heterocycles. The van der Waals surface area contributed by atoms with Crippen molar-refractivity contribution >= 4 is 44.3 Å². The summed E-state index contributed by atoms with van der Waals surface area (Å²) in [6, 6.07) is 13.2. The molecule has 29 heavy (non-hydrogen) atoms. The van der Waals surface area contributed by atoms with Gasteiger partial charge in [-0.1, -0.05) is 28.1 Å². The summed E-state index contributed by atoms with van der Waals surface area (Å²) in [4.78, 5) is 26.8. The van der Waals surface area contributed by atoms with Gasteiger partial charge in [-0.15, -0.1) is 0 Å². The maximum atomic E-state index is 12.6. The van der Waals surface area contributed by atoms with Crippen LogP contribution in [0.3, 0.4) is 0 Å². The number of carbonyl (C=O) groups excluding carboxylic acids is 1. The Labute approximate surface area is 176 Å². The number of hydrogen-bond donors (Lipinski definition) is 1. The highest BCUT2D eigenvalue weighted by Crippen LogP contribution is 2.30. The fourth-order valence-corrected chi connectivity index (χ4v) is 3.89. The summed E-state index contributed by atoms with van der Waals surface area (Å²) in [5, 5.41) is 3.02. The van der Waals surface area contributed by atoms with Gasteiger partial charge < -0.3 is 19.4 Å². The van der Waals surface area contributed by atoms with Gasteiger partial charge >= 0.3 is 5.76 Å². The molecule has 1 fully saturated rings. The van der Waals surface area contributed by atoms with Crippen molar-refractivity contribution in [2.24, 2.45) is 0 Å². The average Bonchev–Trinajstić information content (AvgIpc) is 3.04. The molecule has 7 nitrogen and oxygen atoms in total. The smallest absolute Gasteiger partial charge is 0.408 e. The van der Waals surface area contributed by atoms with Crippen molar-refractivity contribution in [1.82, 2.24) is 4.57 Å². The fraction of sp³-hybridized carbons (Fsp3) is 0.333. The quantitative estimate of drug-likeness (QED) is 0.608. The third-order valence-electron chi connectivity index (χ3n) is 4.94. The SMILES string of the molecule is O=C(CCCn1c(=O)oc2ccccc21)Nc1cc(Br)ccc1N1CCOCC1. The number of fused-ring (bicyclic) bond motifs is 1. The molecule has 0 saturated carbocycles. The number of aromatic nitrogens is 1. The summed E-state index contributed by atoms with van der Waals surface area (Å²) < 4.78 is 13.1. The van der Waals surface area contributed by atoms with Crippen LogP contribution in [-0.4, -0.2) is 36.8 Å². The molecule has 0 spiro atoms. The maximum absolute atomic E-state index is 12.6. The number of oxazole rings is 1. The van der Waals surface area contributed by atoms with E-state index in [1.165, 1.54) is 0 Å².